The van der Waals surface area contributed by atoms with E-state index >= 15 is 0 Å². The summed E-state index contributed by atoms with van der Waals surface area (Å²) in [5, 5.41) is 1.23. The maximum absolute atomic E-state index is 4.36. The zero-order valence-corrected chi connectivity index (χ0v) is 20.7. The van der Waals surface area contributed by atoms with Gasteiger partial charge in [-0.15, -0.1) is 0 Å². The lowest BCUT2D eigenvalue weighted by Gasteiger charge is -2.03. The fourth-order valence-electron chi connectivity index (χ4n) is 2.96. The minimum absolute atomic E-state index is 0.907. The summed E-state index contributed by atoms with van der Waals surface area (Å²) in [4.78, 5) is 11.6. The predicted molar refractivity (Wildman–Crippen MR) is 130 cm³/mol. The van der Waals surface area contributed by atoms with Crippen LogP contribution in [0.4, 0.5) is 0 Å². The third-order valence-electron chi connectivity index (χ3n) is 5.02. The average Bonchev–Trinajstić information content (AvgIpc) is 3.64. The molecule has 0 unspecified atom stereocenters. The van der Waals surface area contributed by atoms with Crippen molar-refractivity contribution in [1.29, 1.82) is 0 Å². The lowest BCUT2D eigenvalue weighted by Crippen LogP contribution is -1.97. The number of hydrogen-bond acceptors (Lipinski definition) is 2. The van der Waals surface area contributed by atoms with E-state index in [1.807, 2.05) is 24.5 Å². The van der Waals surface area contributed by atoms with Crippen LogP contribution in [0.25, 0.3) is 22.1 Å². The Bertz CT molecular complexity index is 1080. The largest absolute Gasteiger partial charge is 0.360 e. The quantitative estimate of drug-likeness (QED) is 0.257. The zero-order chi connectivity index (χ0) is 20.2. The molecule has 0 bridgehead atoms. The number of alkyl halides is 1. The summed E-state index contributed by atoms with van der Waals surface area (Å²) in [6, 6.07) is 8.18. The Labute approximate surface area is 195 Å². The Morgan fingerprint density at radius 2 is 1.62 bits per heavy atom. The molecular formula is C22H23Br3N4. The first kappa shape index (κ1) is 21.1. The van der Waals surface area contributed by atoms with Gasteiger partial charge in [-0.05, 0) is 93.6 Å². The highest BCUT2D eigenvalue weighted by atomic mass is 79.9. The second-order valence-electron chi connectivity index (χ2n) is 7.63. The SMILES string of the molecule is BrCC1CC1.Brc1cnc2cc[nH]c2c1.Brc1cnc2ccn(CC3CC3)c2c1. The topological polar surface area (TPSA) is 46.5 Å². The van der Waals surface area contributed by atoms with E-state index in [9.17, 15) is 0 Å². The van der Waals surface area contributed by atoms with E-state index in [0.717, 1.165) is 43.9 Å². The summed E-state index contributed by atoms with van der Waals surface area (Å²) in [6.07, 6.45) is 13.4. The van der Waals surface area contributed by atoms with Crippen molar-refractivity contribution >= 4 is 69.9 Å². The number of pyridine rings is 2. The van der Waals surface area contributed by atoms with Gasteiger partial charge in [0.2, 0.25) is 0 Å². The monoisotopic (exact) mass is 580 g/mol. The Balaban J connectivity index is 0.000000119. The summed E-state index contributed by atoms with van der Waals surface area (Å²) < 4.78 is 4.37. The first-order valence-electron chi connectivity index (χ1n) is 9.87. The van der Waals surface area contributed by atoms with Crippen molar-refractivity contribution < 1.29 is 0 Å². The Morgan fingerprint density at radius 1 is 0.931 bits per heavy atom. The van der Waals surface area contributed by atoms with Crippen LogP contribution in [-0.4, -0.2) is 24.8 Å². The molecule has 0 spiro atoms. The van der Waals surface area contributed by atoms with E-state index in [1.165, 1.54) is 36.5 Å². The first-order chi connectivity index (χ1) is 14.1. The third kappa shape index (κ3) is 6.15. The second kappa shape index (κ2) is 9.75. The standard InChI is InChI=1S/C11H11BrN2.C7H5BrN2.C4H7Br/c12-9-5-11-10(13-6-9)3-4-14(11)7-8-1-2-8;8-5-3-7-6(10-4-5)1-2-9-7;5-3-4-1-2-4/h3-6,8H,1-2,7H2;1-4,9H;4H,1-3H2. The van der Waals surface area contributed by atoms with Gasteiger partial charge in [-0.25, -0.2) is 0 Å². The van der Waals surface area contributed by atoms with Gasteiger partial charge in [0.1, 0.15) is 0 Å². The minimum atomic E-state index is 0.907. The van der Waals surface area contributed by atoms with Crippen molar-refractivity contribution in [2.45, 2.75) is 32.2 Å². The smallest absolute Gasteiger partial charge is 0.0881 e. The molecular weight excluding hydrogens is 560 g/mol. The van der Waals surface area contributed by atoms with Crippen molar-refractivity contribution in [2.75, 3.05) is 5.33 Å². The fraction of sp³-hybridized carbons (Fsp3) is 0.364. The summed E-state index contributed by atoms with van der Waals surface area (Å²) in [5.74, 6) is 1.96. The molecule has 2 saturated carbocycles. The van der Waals surface area contributed by atoms with Crippen LogP contribution in [0.5, 0.6) is 0 Å². The number of fused-ring (bicyclic) bond motifs is 2. The van der Waals surface area contributed by atoms with Crippen LogP contribution < -0.4 is 0 Å². The number of nitrogens with zero attached hydrogens (tertiary/aromatic N) is 3. The zero-order valence-electron chi connectivity index (χ0n) is 16.0. The molecule has 2 aliphatic rings. The van der Waals surface area contributed by atoms with Crippen LogP contribution in [-0.2, 0) is 6.54 Å². The second-order valence-corrected chi connectivity index (χ2v) is 10.1. The molecule has 4 nitrogen and oxygen atoms in total. The summed E-state index contributed by atoms with van der Waals surface area (Å²) >= 11 is 10.2. The lowest BCUT2D eigenvalue weighted by atomic mass is 10.3. The Kier molecular flexibility index (Phi) is 7.08. The number of halogens is 3. The molecule has 0 radical (unpaired) electrons. The molecule has 0 atom stereocenters. The molecule has 1 N–H and O–H groups in total. The highest BCUT2D eigenvalue weighted by Crippen LogP contribution is 2.32. The molecule has 4 heterocycles. The molecule has 152 valence electrons. The highest BCUT2D eigenvalue weighted by Gasteiger charge is 2.22. The normalized spacial score (nSPS) is 15.6. The molecule has 29 heavy (non-hydrogen) atoms. The van der Waals surface area contributed by atoms with Gasteiger partial charge >= 0.3 is 0 Å². The molecule has 0 aromatic carbocycles. The van der Waals surface area contributed by atoms with Crippen LogP contribution >= 0.6 is 47.8 Å². The predicted octanol–water partition coefficient (Wildman–Crippen LogP) is 7.33. The molecule has 0 amide bonds. The van der Waals surface area contributed by atoms with Gasteiger partial charge in [0, 0.05) is 45.6 Å². The van der Waals surface area contributed by atoms with Crippen LogP contribution in [0.3, 0.4) is 0 Å². The number of aromatic amines is 1. The van der Waals surface area contributed by atoms with E-state index in [-0.39, 0.29) is 0 Å². The van der Waals surface area contributed by atoms with Gasteiger partial charge in [0.05, 0.1) is 22.1 Å². The van der Waals surface area contributed by atoms with Crippen LogP contribution in [0, 0.1) is 11.8 Å². The summed E-state index contributed by atoms with van der Waals surface area (Å²) in [6.45, 7) is 1.15. The van der Waals surface area contributed by atoms with Crippen molar-refractivity contribution in [3.05, 3.63) is 58.0 Å². The van der Waals surface area contributed by atoms with Crippen molar-refractivity contribution in [3.63, 3.8) is 0 Å². The summed E-state index contributed by atoms with van der Waals surface area (Å²) in [7, 11) is 0. The van der Waals surface area contributed by atoms with E-state index < -0.39 is 0 Å². The number of hydrogen-bond donors (Lipinski definition) is 1. The van der Waals surface area contributed by atoms with Gasteiger partial charge in [-0.1, -0.05) is 15.9 Å². The van der Waals surface area contributed by atoms with Gasteiger partial charge in [-0.2, -0.15) is 0 Å². The molecule has 2 fully saturated rings. The van der Waals surface area contributed by atoms with Gasteiger partial charge < -0.3 is 9.55 Å². The van der Waals surface area contributed by atoms with Gasteiger partial charge in [0.15, 0.2) is 0 Å². The number of H-pyrrole nitrogens is 1. The molecule has 6 rings (SSSR count). The average molecular weight is 583 g/mol. The minimum Gasteiger partial charge on any atom is -0.360 e. The maximum atomic E-state index is 4.36. The van der Waals surface area contributed by atoms with Crippen molar-refractivity contribution in [3.8, 4) is 0 Å². The Morgan fingerprint density at radius 3 is 2.28 bits per heavy atom. The van der Waals surface area contributed by atoms with E-state index in [0.29, 0.717) is 0 Å². The molecule has 7 heteroatoms. The van der Waals surface area contributed by atoms with Crippen molar-refractivity contribution in [2.24, 2.45) is 11.8 Å². The van der Waals surface area contributed by atoms with Crippen LogP contribution in [0.1, 0.15) is 25.7 Å². The lowest BCUT2D eigenvalue weighted by molar-refractivity contribution is 0.647. The van der Waals surface area contributed by atoms with E-state index in [4.69, 9.17) is 0 Å². The van der Waals surface area contributed by atoms with Gasteiger partial charge in [0.25, 0.3) is 0 Å². The summed E-state index contributed by atoms with van der Waals surface area (Å²) in [5.41, 5.74) is 4.40. The molecule has 0 aliphatic heterocycles. The molecule has 0 saturated heterocycles. The number of rotatable bonds is 3. The van der Waals surface area contributed by atoms with Crippen LogP contribution in [0.15, 0.2) is 58.0 Å². The fourth-order valence-corrected chi connectivity index (χ4v) is 4.26. The molecule has 4 aromatic heterocycles. The van der Waals surface area contributed by atoms with E-state index in [1.54, 1.807) is 6.20 Å². The van der Waals surface area contributed by atoms with Crippen LogP contribution in [0.2, 0.25) is 0 Å². The maximum Gasteiger partial charge on any atom is 0.0881 e. The first-order valence-corrected chi connectivity index (χ1v) is 12.6. The third-order valence-corrected chi connectivity index (χ3v) is 6.80. The van der Waals surface area contributed by atoms with Crippen molar-refractivity contribution in [1.82, 2.24) is 19.5 Å². The number of nitrogens with one attached hydrogen (secondary N) is 1. The van der Waals surface area contributed by atoms with Gasteiger partial charge in [-0.3, -0.25) is 9.97 Å². The Hall–Kier alpha value is -1.18. The molecule has 2 aliphatic carbocycles. The highest BCUT2D eigenvalue weighted by molar-refractivity contribution is 9.10. The van der Waals surface area contributed by atoms with E-state index in [2.05, 4.69) is 85.6 Å². The molecule has 4 aromatic rings. The number of aromatic nitrogens is 4.